The van der Waals surface area contributed by atoms with Crippen LogP contribution < -0.4 is 16.6 Å². The second kappa shape index (κ2) is 8.57. The molecule has 4 N–H and O–H groups in total. The molecular formula is C23H23N9O2. The zero-order valence-electron chi connectivity index (χ0n) is 18.7. The number of anilines is 2. The minimum Gasteiger partial charge on any atom is -0.384 e. The minimum absolute atomic E-state index is 0.0786. The summed E-state index contributed by atoms with van der Waals surface area (Å²) in [5.41, 5.74) is 7.58. The van der Waals surface area contributed by atoms with E-state index in [1.165, 1.54) is 6.33 Å². The lowest BCUT2D eigenvalue weighted by atomic mass is 10.1. The van der Waals surface area contributed by atoms with Crippen LogP contribution in [0.25, 0.3) is 22.3 Å². The summed E-state index contributed by atoms with van der Waals surface area (Å²) >= 11 is 0. The Bertz CT molecular complexity index is 1510. The van der Waals surface area contributed by atoms with Crippen LogP contribution in [0.3, 0.4) is 0 Å². The van der Waals surface area contributed by atoms with Crippen molar-refractivity contribution >= 4 is 22.5 Å². The van der Waals surface area contributed by atoms with Crippen molar-refractivity contribution in [3.05, 3.63) is 52.6 Å². The molecule has 1 fully saturated rings. The molecule has 4 aromatic rings. The SMILES string of the molecule is CC(Nc1ncnc(N)c1-c1ncn(C)n1)c1nc2cccc(C#CCO)c2c(=O)n1C1CC1. The number of nitrogens with two attached hydrogens (primary N) is 1. The van der Waals surface area contributed by atoms with Crippen LogP contribution in [0.15, 0.2) is 35.6 Å². The van der Waals surface area contributed by atoms with Gasteiger partial charge in [0.1, 0.15) is 42.3 Å². The number of aliphatic hydroxyl groups is 1. The van der Waals surface area contributed by atoms with Gasteiger partial charge in [0, 0.05) is 18.7 Å². The van der Waals surface area contributed by atoms with Gasteiger partial charge in [-0.3, -0.25) is 14.0 Å². The van der Waals surface area contributed by atoms with E-state index in [0.717, 1.165) is 12.8 Å². The fourth-order valence-electron chi connectivity index (χ4n) is 3.94. The molecule has 3 heterocycles. The van der Waals surface area contributed by atoms with Crippen molar-refractivity contribution < 1.29 is 5.11 Å². The smallest absolute Gasteiger partial charge is 0.262 e. The van der Waals surface area contributed by atoms with Crippen LogP contribution in [0.4, 0.5) is 11.6 Å². The third-order valence-corrected chi connectivity index (χ3v) is 5.61. The molecule has 0 amide bonds. The van der Waals surface area contributed by atoms with Gasteiger partial charge < -0.3 is 16.2 Å². The summed E-state index contributed by atoms with van der Waals surface area (Å²) in [6.45, 7) is 1.63. The van der Waals surface area contributed by atoms with Gasteiger partial charge >= 0.3 is 0 Å². The first-order chi connectivity index (χ1) is 16.5. The molecule has 1 aliphatic carbocycles. The molecule has 1 saturated carbocycles. The first-order valence-electron chi connectivity index (χ1n) is 10.9. The lowest BCUT2D eigenvalue weighted by Gasteiger charge is -2.21. The molecule has 0 spiro atoms. The van der Waals surface area contributed by atoms with Gasteiger partial charge in [-0.25, -0.2) is 19.9 Å². The number of nitrogens with zero attached hydrogens (tertiary/aromatic N) is 7. The molecule has 1 aromatic carbocycles. The number of aliphatic hydroxyl groups excluding tert-OH is 1. The number of aromatic nitrogens is 7. The fraction of sp³-hybridized carbons (Fsp3) is 0.304. The van der Waals surface area contributed by atoms with E-state index < -0.39 is 0 Å². The largest absolute Gasteiger partial charge is 0.384 e. The summed E-state index contributed by atoms with van der Waals surface area (Å²) in [7, 11) is 1.76. The molecule has 11 heteroatoms. The van der Waals surface area contributed by atoms with Crippen molar-refractivity contribution in [3.63, 3.8) is 0 Å². The Kier molecular flexibility index (Phi) is 5.43. The highest BCUT2D eigenvalue weighted by molar-refractivity contribution is 5.84. The first-order valence-corrected chi connectivity index (χ1v) is 10.9. The second-order valence-corrected chi connectivity index (χ2v) is 8.13. The molecule has 1 atom stereocenters. The predicted molar refractivity (Wildman–Crippen MR) is 127 cm³/mol. The van der Waals surface area contributed by atoms with Gasteiger partial charge in [0.15, 0.2) is 5.82 Å². The zero-order valence-corrected chi connectivity index (χ0v) is 18.7. The summed E-state index contributed by atoms with van der Waals surface area (Å²) in [4.78, 5) is 31.2. The minimum atomic E-state index is -0.387. The number of nitrogen functional groups attached to an aromatic ring is 1. The van der Waals surface area contributed by atoms with Crippen molar-refractivity contribution in [2.75, 3.05) is 17.7 Å². The van der Waals surface area contributed by atoms with E-state index in [1.807, 2.05) is 6.92 Å². The number of aryl methyl sites for hydroxylation is 1. The molecule has 0 aliphatic heterocycles. The summed E-state index contributed by atoms with van der Waals surface area (Å²) in [6.07, 6.45) is 4.74. The van der Waals surface area contributed by atoms with Crippen molar-refractivity contribution in [1.82, 2.24) is 34.3 Å². The normalized spacial score (nSPS) is 14.0. The van der Waals surface area contributed by atoms with E-state index in [9.17, 15) is 4.79 Å². The van der Waals surface area contributed by atoms with Gasteiger partial charge in [-0.05, 0) is 31.9 Å². The van der Waals surface area contributed by atoms with E-state index in [4.69, 9.17) is 15.8 Å². The highest BCUT2D eigenvalue weighted by atomic mass is 16.2. The average Bonchev–Trinajstić information content (AvgIpc) is 3.57. The lowest BCUT2D eigenvalue weighted by molar-refractivity contribution is 0.350. The Morgan fingerprint density at radius 2 is 2.12 bits per heavy atom. The average molecular weight is 457 g/mol. The number of hydrogen-bond acceptors (Lipinski definition) is 9. The summed E-state index contributed by atoms with van der Waals surface area (Å²) in [5, 5.41) is 17.2. The van der Waals surface area contributed by atoms with Gasteiger partial charge in [-0.1, -0.05) is 17.9 Å². The molecule has 5 rings (SSSR count). The van der Waals surface area contributed by atoms with Crippen molar-refractivity contribution in [1.29, 1.82) is 0 Å². The van der Waals surface area contributed by atoms with Crippen LogP contribution in [0.2, 0.25) is 0 Å². The van der Waals surface area contributed by atoms with Crippen molar-refractivity contribution in [2.24, 2.45) is 7.05 Å². The van der Waals surface area contributed by atoms with Crippen molar-refractivity contribution in [2.45, 2.75) is 31.8 Å². The predicted octanol–water partition coefficient (Wildman–Crippen LogP) is 1.42. The van der Waals surface area contributed by atoms with Gasteiger partial charge in [0.05, 0.1) is 16.9 Å². The Labute approximate surface area is 194 Å². The zero-order chi connectivity index (χ0) is 23.8. The highest BCUT2D eigenvalue weighted by Crippen LogP contribution is 2.37. The van der Waals surface area contributed by atoms with Gasteiger partial charge in [-0.2, -0.15) is 5.10 Å². The van der Waals surface area contributed by atoms with Crippen LogP contribution >= 0.6 is 0 Å². The Hall–Kier alpha value is -4.30. The maximum absolute atomic E-state index is 13.6. The van der Waals surface area contributed by atoms with Crippen LogP contribution in [-0.4, -0.2) is 46.0 Å². The monoisotopic (exact) mass is 457 g/mol. The molecule has 0 saturated heterocycles. The molecule has 11 nitrogen and oxygen atoms in total. The standard InChI is InChI=1S/C23H23N9O2/c1-13(28-20-18(19(24)25-11-26-20)21-27-12-31(2)30-21)22-29-16-7-3-5-14(6-4-10-33)17(16)23(34)32(22)15-8-9-15/h3,5,7,11-13,15,33H,8-10H2,1-2H3,(H3,24,25,26,28). The fourth-order valence-corrected chi connectivity index (χ4v) is 3.94. The maximum atomic E-state index is 13.6. The number of fused-ring (bicyclic) bond motifs is 1. The topological polar surface area (TPSA) is 150 Å². The number of hydrogen-bond donors (Lipinski definition) is 3. The van der Waals surface area contributed by atoms with Crippen LogP contribution in [-0.2, 0) is 7.05 Å². The molecule has 1 aliphatic rings. The second-order valence-electron chi connectivity index (χ2n) is 8.13. The van der Waals surface area contributed by atoms with E-state index in [2.05, 4.69) is 37.2 Å². The summed E-state index contributed by atoms with van der Waals surface area (Å²) < 4.78 is 3.31. The first kappa shape index (κ1) is 21.5. The van der Waals surface area contributed by atoms with E-state index in [-0.39, 0.29) is 30.1 Å². The number of benzene rings is 1. The Balaban J connectivity index is 1.62. The number of rotatable bonds is 5. The van der Waals surface area contributed by atoms with E-state index in [1.54, 1.807) is 40.8 Å². The van der Waals surface area contributed by atoms with E-state index in [0.29, 0.717) is 39.5 Å². The highest BCUT2D eigenvalue weighted by Gasteiger charge is 2.31. The van der Waals surface area contributed by atoms with Crippen molar-refractivity contribution in [3.8, 4) is 23.2 Å². The third-order valence-electron chi connectivity index (χ3n) is 5.61. The van der Waals surface area contributed by atoms with Gasteiger partial charge in [0.2, 0.25) is 0 Å². The molecule has 3 aromatic heterocycles. The third kappa shape index (κ3) is 3.84. The molecule has 172 valence electrons. The maximum Gasteiger partial charge on any atom is 0.262 e. The lowest BCUT2D eigenvalue weighted by Crippen LogP contribution is -2.28. The molecule has 0 bridgehead atoms. The summed E-state index contributed by atoms with van der Waals surface area (Å²) in [5.74, 6) is 7.17. The van der Waals surface area contributed by atoms with E-state index >= 15 is 0 Å². The molecule has 0 radical (unpaired) electrons. The van der Waals surface area contributed by atoms with Gasteiger partial charge in [-0.15, -0.1) is 0 Å². The number of nitrogens with one attached hydrogen (secondary N) is 1. The van der Waals surface area contributed by atoms with Crippen LogP contribution in [0, 0.1) is 11.8 Å². The Morgan fingerprint density at radius 1 is 1.29 bits per heavy atom. The quantitative estimate of drug-likeness (QED) is 0.378. The van der Waals surface area contributed by atoms with Crippen LogP contribution in [0.5, 0.6) is 0 Å². The molecular weight excluding hydrogens is 434 g/mol. The molecule has 1 unspecified atom stereocenters. The Morgan fingerprint density at radius 3 is 2.82 bits per heavy atom. The molecule has 34 heavy (non-hydrogen) atoms. The summed E-state index contributed by atoms with van der Waals surface area (Å²) in [6, 6.07) is 5.05. The van der Waals surface area contributed by atoms with Gasteiger partial charge in [0.25, 0.3) is 5.56 Å². The van der Waals surface area contributed by atoms with Crippen LogP contribution in [0.1, 0.15) is 43.2 Å².